The monoisotopic (exact) mass is 331 g/mol. The minimum absolute atomic E-state index is 0.0541. The quantitative estimate of drug-likeness (QED) is 0.551. The number of ether oxygens (including phenoxy) is 2. The van der Waals surface area contributed by atoms with Gasteiger partial charge in [-0.25, -0.2) is 4.79 Å². The van der Waals surface area contributed by atoms with Crippen LogP contribution in [0, 0.1) is 0 Å². The molecule has 0 aromatic carbocycles. The van der Waals surface area contributed by atoms with E-state index in [4.69, 9.17) is 13.9 Å². The molecule has 0 aromatic rings. The molecule has 0 bridgehead atoms. The summed E-state index contributed by atoms with van der Waals surface area (Å²) < 4.78 is 17.2. The normalized spacial score (nSPS) is 20.1. The van der Waals surface area contributed by atoms with Crippen LogP contribution in [0.25, 0.3) is 0 Å². The van der Waals surface area contributed by atoms with Gasteiger partial charge in [0, 0.05) is 6.54 Å². The maximum atomic E-state index is 12.0. The number of unbranched alkanes of at least 4 members (excludes halogenated alkanes) is 1. The highest BCUT2D eigenvalue weighted by atomic mass is 28.4. The van der Waals surface area contributed by atoms with E-state index in [1.165, 1.54) is 0 Å². The van der Waals surface area contributed by atoms with Crippen molar-refractivity contribution in [3.63, 3.8) is 0 Å². The zero-order valence-corrected chi connectivity index (χ0v) is 16.1. The van der Waals surface area contributed by atoms with E-state index in [1.807, 2.05) is 0 Å². The number of nitrogens with zero attached hydrogens (tertiary/aromatic N) is 1. The number of carbonyl (C=O) groups is 1. The van der Waals surface area contributed by atoms with Crippen LogP contribution in [0.4, 0.5) is 4.79 Å². The van der Waals surface area contributed by atoms with Crippen LogP contribution in [-0.2, 0) is 13.9 Å². The number of hydrogen-bond acceptors (Lipinski definition) is 4. The van der Waals surface area contributed by atoms with Crippen molar-refractivity contribution in [2.45, 2.75) is 64.8 Å². The summed E-state index contributed by atoms with van der Waals surface area (Å²) in [5.41, 5.74) is 0. The van der Waals surface area contributed by atoms with Crippen molar-refractivity contribution < 1.29 is 18.7 Å². The zero-order chi connectivity index (χ0) is 16.8. The van der Waals surface area contributed by atoms with E-state index < -0.39 is 8.32 Å². The van der Waals surface area contributed by atoms with Crippen LogP contribution >= 0.6 is 0 Å². The molecule has 5 nitrogen and oxygen atoms in total. The molecule has 1 unspecified atom stereocenters. The Morgan fingerprint density at radius 1 is 1.36 bits per heavy atom. The molecule has 1 aliphatic heterocycles. The fourth-order valence-corrected chi connectivity index (χ4v) is 2.93. The molecular weight excluding hydrogens is 298 g/mol. The minimum atomic E-state index is -1.78. The van der Waals surface area contributed by atoms with Gasteiger partial charge in [0.05, 0.1) is 32.5 Å². The second kappa shape index (κ2) is 8.31. The average Bonchev–Trinajstić information content (AvgIpc) is 2.44. The number of hydrogen-bond donors (Lipinski definition) is 0. The molecule has 1 aliphatic rings. The Morgan fingerprint density at radius 2 is 2.05 bits per heavy atom. The molecule has 0 aliphatic carbocycles. The topological polar surface area (TPSA) is 48.0 Å². The standard InChI is InChI=1S/C16H33NO4Si/c1-7-8-10-20-15(18)17-9-11-19-14(12-17)13-21-22(5,6)16(2,3)4/h14H,7-13H2,1-6H3. The van der Waals surface area contributed by atoms with Crippen LogP contribution < -0.4 is 0 Å². The highest BCUT2D eigenvalue weighted by Gasteiger charge is 2.38. The van der Waals surface area contributed by atoms with Gasteiger partial charge in [0.1, 0.15) is 0 Å². The Morgan fingerprint density at radius 3 is 2.64 bits per heavy atom. The van der Waals surface area contributed by atoms with E-state index >= 15 is 0 Å². The van der Waals surface area contributed by atoms with Crippen molar-refractivity contribution >= 4 is 14.4 Å². The van der Waals surface area contributed by atoms with Gasteiger partial charge in [0.2, 0.25) is 0 Å². The van der Waals surface area contributed by atoms with Gasteiger partial charge in [-0.15, -0.1) is 0 Å². The summed E-state index contributed by atoms with van der Waals surface area (Å²) in [7, 11) is -1.78. The van der Waals surface area contributed by atoms with Gasteiger partial charge >= 0.3 is 6.09 Å². The van der Waals surface area contributed by atoms with E-state index in [0.717, 1.165) is 12.8 Å². The molecule has 0 radical (unpaired) electrons. The van der Waals surface area contributed by atoms with E-state index in [9.17, 15) is 4.79 Å². The van der Waals surface area contributed by atoms with Crippen molar-refractivity contribution in [2.75, 3.05) is 32.9 Å². The summed E-state index contributed by atoms with van der Waals surface area (Å²) in [6.45, 7) is 16.0. The first kappa shape index (κ1) is 19.5. The maximum Gasteiger partial charge on any atom is 0.409 e. The number of rotatable bonds is 6. The molecule has 22 heavy (non-hydrogen) atoms. The van der Waals surface area contributed by atoms with Crippen molar-refractivity contribution in [2.24, 2.45) is 0 Å². The zero-order valence-electron chi connectivity index (χ0n) is 15.1. The van der Waals surface area contributed by atoms with Crippen LogP contribution in [0.2, 0.25) is 18.1 Å². The average molecular weight is 332 g/mol. The Hall–Kier alpha value is -0.593. The van der Waals surface area contributed by atoms with Crippen LogP contribution in [0.5, 0.6) is 0 Å². The Balaban J connectivity index is 2.42. The fraction of sp³-hybridized carbons (Fsp3) is 0.938. The lowest BCUT2D eigenvalue weighted by atomic mass is 10.2. The molecule has 1 amide bonds. The molecule has 6 heteroatoms. The molecule has 1 heterocycles. The highest BCUT2D eigenvalue weighted by Crippen LogP contribution is 2.36. The van der Waals surface area contributed by atoms with Crippen LogP contribution in [0.1, 0.15) is 40.5 Å². The van der Waals surface area contributed by atoms with E-state index in [2.05, 4.69) is 40.8 Å². The molecule has 0 aromatic heterocycles. The Bertz CT molecular complexity index is 355. The van der Waals surface area contributed by atoms with Gasteiger partial charge in [-0.05, 0) is 24.6 Å². The molecule has 0 N–H and O–H groups in total. The first-order valence-electron chi connectivity index (χ1n) is 8.34. The third kappa shape index (κ3) is 5.89. The second-order valence-corrected chi connectivity index (χ2v) is 12.3. The van der Waals surface area contributed by atoms with Crippen molar-refractivity contribution in [1.82, 2.24) is 4.90 Å². The predicted molar refractivity (Wildman–Crippen MR) is 90.7 cm³/mol. The fourth-order valence-electron chi connectivity index (χ4n) is 1.90. The molecule has 0 spiro atoms. The molecule has 130 valence electrons. The first-order valence-corrected chi connectivity index (χ1v) is 11.3. The highest BCUT2D eigenvalue weighted by molar-refractivity contribution is 6.74. The summed E-state index contributed by atoms with van der Waals surface area (Å²) in [6.07, 6.45) is 1.66. The lowest BCUT2D eigenvalue weighted by Gasteiger charge is -2.39. The van der Waals surface area contributed by atoms with Crippen LogP contribution in [-0.4, -0.2) is 58.3 Å². The third-order valence-electron chi connectivity index (χ3n) is 4.56. The van der Waals surface area contributed by atoms with Crippen LogP contribution in [0.3, 0.4) is 0 Å². The second-order valence-electron chi connectivity index (χ2n) is 7.48. The minimum Gasteiger partial charge on any atom is -0.449 e. The largest absolute Gasteiger partial charge is 0.449 e. The van der Waals surface area contributed by atoms with Crippen LogP contribution in [0.15, 0.2) is 0 Å². The van der Waals surface area contributed by atoms with Gasteiger partial charge < -0.3 is 18.8 Å². The molecule has 1 rings (SSSR count). The number of amides is 1. The number of morpholine rings is 1. The summed E-state index contributed by atoms with van der Waals surface area (Å²) in [5, 5.41) is 0.181. The van der Waals surface area contributed by atoms with E-state index in [0.29, 0.717) is 32.9 Å². The van der Waals surface area contributed by atoms with Gasteiger partial charge in [0.15, 0.2) is 8.32 Å². The summed E-state index contributed by atoms with van der Waals surface area (Å²) in [5.74, 6) is 0. The molecule has 1 atom stereocenters. The molecule has 0 saturated carbocycles. The van der Waals surface area contributed by atoms with Gasteiger partial charge in [0.25, 0.3) is 0 Å². The van der Waals surface area contributed by atoms with Crippen molar-refractivity contribution in [3.8, 4) is 0 Å². The lowest BCUT2D eigenvalue weighted by molar-refractivity contribution is -0.0472. The third-order valence-corrected chi connectivity index (χ3v) is 9.06. The summed E-state index contributed by atoms with van der Waals surface area (Å²) in [4.78, 5) is 13.7. The summed E-state index contributed by atoms with van der Waals surface area (Å²) in [6, 6.07) is 0. The molecular formula is C16H33NO4Si. The molecule has 1 fully saturated rings. The van der Waals surface area contributed by atoms with Gasteiger partial charge in [-0.3, -0.25) is 0 Å². The maximum absolute atomic E-state index is 12.0. The summed E-state index contributed by atoms with van der Waals surface area (Å²) >= 11 is 0. The number of carbonyl (C=O) groups excluding carboxylic acids is 1. The van der Waals surface area contributed by atoms with Crippen molar-refractivity contribution in [1.29, 1.82) is 0 Å². The lowest BCUT2D eigenvalue weighted by Crippen LogP contribution is -2.50. The van der Waals surface area contributed by atoms with Gasteiger partial charge in [-0.2, -0.15) is 0 Å². The van der Waals surface area contributed by atoms with E-state index in [-0.39, 0.29) is 17.2 Å². The Labute approximate surface area is 136 Å². The SMILES string of the molecule is CCCCOC(=O)N1CCOC(CO[Si](C)(C)C(C)(C)C)C1. The molecule has 1 saturated heterocycles. The Kier molecular flexibility index (Phi) is 7.35. The smallest absolute Gasteiger partial charge is 0.409 e. The van der Waals surface area contributed by atoms with Crippen molar-refractivity contribution in [3.05, 3.63) is 0 Å². The first-order chi connectivity index (χ1) is 10.2. The van der Waals surface area contributed by atoms with Gasteiger partial charge in [-0.1, -0.05) is 34.1 Å². The van der Waals surface area contributed by atoms with E-state index in [1.54, 1.807) is 4.90 Å². The predicted octanol–water partition coefficient (Wildman–Crippen LogP) is 3.65.